The molecule has 1 heterocycles. The zero-order valence-electron chi connectivity index (χ0n) is 16.2. The van der Waals surface area contributed by atoms with Crippen molar-refractivity contribution in [2.24, 2.45) is 18.0 Å². The van der Waals surface area contributed by atoms with E-state index in [-0.39, 0.29) is 30.1 Å². The fraction of sp³-hybridized carbons (Fsp3) is 0.778. The highest BCUT2D eigenvalue weighted by Gasteiger charge is 2.25. The Morgan fingerprint density at radius 2 is 2.20 bits per heavy atom. The molecule has 0 aromatic carbocycles. The van der Waals surface area contributed by atoms with Crippen molar-refractivity contribution in [1.82, 2.24) is 20.0 Å². The third-order valence-electron chi connectivity index (χ3n) is 4.68. The molecule has 6 nitrogen and oxygen atoms in total. The molecule has 1 aromatic heterocycles. The summed E-state index contributed by atoms with van der Waals surface area (Å²) in [5, 5.41) is 17.9. The van der Waals surface area contributed by atoms with Crippen molar-refractivity contribution >= 4 is 29.9 Å². The van der Waals surface area contributed by atoms with Crippen LogP contribution in [0.15, 0.2) is 11.2 Å². The van der Waals surface area contributed by atoms with Crippen LogP contribution in [0.5, 0.6) is 0 Å². The van der Waals surface area contributed by atoms with Gasteiger partial charge in [-0.15, -0.1) is 24.0 Å². The molecule has 2 unspecified atom stereocenters. The summed E-state index contributed by atoms with van der Waals surface area (Å²) in [7, 11) is 4.03. The molecule has 1 fully saturated rings. The summed E-state index contributed by atoms with van der Waals surface area (Å²) < 4.78 is 1.89. The summed E-state index contributed by atoms with van der Waals surface area (Å²) in [6.07, 6.45) is 5.01. The first-order valence-corrected chi connectivity index (χ1v) is 9.12. The van der Waals surface area contributed by atoms with Crippen molar-refractivity contribution in [2.45, 2.75) is 58.6 Å². The van der Waals surface area contributed by atoms with Gasteiger partial charge in [0, 0.05) is 51.4 Å². The number of halogens is 1. The summed E-state index contributed by atoms with van der Waals surface area (Å²) in [6.45, 7) is 8.73. The number of nitrogens with one attached hydrogen (secondary N) is 1. The normalized spacial score (nSPS) is 20.7. The molecule has 0 amide bonds. The van der Waals surface area contributed by atoms with Crippen molar-refractivity contribution in [3.63, 3.8) is 0 Å². The lowest BCUT2D eigenvalue weighted by atomic mass is 10.1. The highest BCUT2D eigenvalue weighted by atomic mass is 127. The summed E-state index contributed by atoms with van der Waals surface area (Å²) in [6, 6.07) is 0. The van der Waals surface area contributed by atoms with Crippen LogP contribution in [0.2, 0.25) is 0 Å². The number of rotatable bonds is 6. The van der Waals surface area contributed by atoms with Gasteiger partial charge in [0.2, 0.25) is 0 Å². The van der Waals surface area contributed by atoms with Gasteiger partial charge in [0.25, 0.3) is 0 Å². The minimum atomic E-state index is -0.187. The maximum atomic E-state index is 9.99. The molecule has 1 aliphatic carbocycles. The van der Waals surface area contributed by atoms with Crippen LogP contribution >= 0.6 is 24.0 Å². The quantitative estimate of drug-likeness (QED) is 0.387. The van der Waals surface area contributed by atoms with Gasteiger partial charge in [-0.05, 0) is 25.7 Å². The first-order valence-electron chi connectivity index (χ1n) is 9.12. The van der Waals surface area contributed by atoms with Crippen molar-refractivity contribution in [3.8, 4) is 0 Å². The van der Waals surface area contributed by atoms with Crippen LogP contribution in [-0.2, 0) is 13.6 Å². The fourth-order valence-corrected chi connectivity index (χ4v) is 3.40. The Morgan fingerprint density at radius 1 is 1.48 bits per heavy atom. The van der Waals surface area contributed by atoms with E-state index in [2.05, 4.69) is 49.3 Å². The van der Waals surface area contributed by atoms with E-state index in [1.165, 1.54) is 5.56 Å². The molecular weight excluding hydrogens is 429 g/mol. The predicted molar refractivity (Wildman–Crippen MR) is 114 cm³/mol. The van der Waals surface area contributed by atoms with Gasteiger partial charge in [-0.1, -0.05) is 20.3 Å². The average molecular weight is 463 g/mol. The zero-order chi connectivity index (χ0) is 17.7. The first-order chi connectivity index (χ1) is 11.4. The number of aliphatic hydroxyl groups excluding tert-OH is 1. The van der Waals surface area contributed by atoms with Crippen molar-refractivity contribution < 1.29 is 5.11 Å². The summed E-state index contributed by atoms with van der Waals surface area (Å²) >= 11 is 0. The van der Waals surface area contributed by atoms with Gasteiger partial charge in [0.05, 0.1) is 11.8 Å². The van der Waals surface area contributed by atoms with Crippen molar-refractivity contribution in [1.29, 1.82) is 0 Å². The van der Waals surface area contributed by atoms with Gasteiger partial charge < -0.3 is 15.3 Å². The van der Waals surface area contributed by atoms with Gasteiger partial charge in [-0.25, -0.2) is 0 Å². The van der Waals surface area contributed by atoms with E-state index in [0.29, 0.717) is 18.4 Å². The molecular formula is C18H34IN5O. The first kappa shape index (κ1) is 22.2. The van der Waals surface area contributed by atoms with E-state index < -0.39 is 0 Å². The number of aryl methyl sites for hydroxylation is 1. The van der Waals surface area contributed by atoms with Gasteiger partial charge in [0.1, 0.15) is 0 Å². The Morgan fingerprint density at radius 3 is 2.76 bits per heavy atom. The molecule has 0 spiro atoms. The van der Waals surface area contributed by atoms with Crippen LogP contribution in [-0.4, -0.2) is 52.0 Å². The predicted octanol–water partition coefficient (Wildman–Crippen LogP) is 2.72. The van der Waals surface area contributed by atoms with Crippen LogP contribution in [0.1, 0.15) is 57.2 Å². The molecule has 0 saturated heterocycles. The Bertz CT molecular complexity index is 558. The highest BCUT2D eigenvalue weighted by molar-refractivity contribution is 14.0. The van der Waals surface area contributed by atoms with Crippen molar-refractivity contribution in [3.05, 3.63) is 17.5 Å². The number of hydrogen-bond acceptors (Lipinski definition) is 3. The lowest BCUT2D eigenvalue weighted by Crippen LogP contribution is -2.39. The topological polar surface area (TPSA) is 65.7 Å². The third kappa shape index (κ3) is 6.13. The van der Waals surface area contributed by atoms with E-state index in [1.54, 1.807) is 0 Å². The molecule has 0 bridgehead atoms. The van der Waals surface area contributed by atoms with E-state index in [0.717, 1.165) is 44.0 Å². The molecule has 1 saturated carbocycles. The fourth-order valence-electron chi connectivity index (χ4n) is 3.40. The number of aliphatic hydroxyl groups is 1. The van der Waals surface area contributed by atoms with E-state index in [9.17, 15) is 5.11 Å². The molecule has 0 aliphatic heterocycles. The highest BCUT2D eigenvalue weighted by Crippen LogP contribution is 2.25. The van der Waals surface area contributed by atoms with E-state index >= 15 is 0 Å². The maximum absolute atomic E-state index is 9.99. The SMILES string of the molecule is CCNC(=NCC1CCCC1O)N(C)Cc1cn(C)nc1C(C)C.I. The number of nitrogens with zero attached hydrogens (tertiary/aromatic N) is 4. The Kier molecular flexibility index (Phi) is 9.20. The lowest BCUT2D eigenvalue weighted by molar-refractivity contribution is 0.136. The van der Waals surface area contributed by atoms with Gasteiger partial charge in [-0.2, -0.15) is 5.10 Å². The molecule has 7 heteroatoms. The van der Waals surface area contributed by atoms with Crippen LogP contribution in [0.4, 0.5) is 0 Å². The standard InChI is InChI=1S/C18H33N5O.HI/c1-6-19-18(20-10-14-8-7-9-16(14)24)22(4)11-15-12-23(5)21-17(15)13(2)3;/h12-14,16,24H,6-11H2,1-5H3,(H,19,20);1H. The molecule has 0 radical (unpaired) electrons. The number of guanidine groups is 1. The van der Waals surface area contributed by atoms with Crippen LogP contribution in [0, 0.1) is 5.92 Å². The molecule has 1 aliphatic rings. The van der Waals surface area contributed by atoms with Gasteiger partial charge >= 0.3 is 0 Å². The van der Waals surface area contributed by atoms with Gasteiger partial charge in [-0.3, -0.25) is 9.67 Å². The minimum absolute atomic E-state index is 0. The smallest absolute Gasteiger partial charge is 0.193 e. The molecule has 2 N–H and O–H groups in total. The average Bonchev–Trinajstić information content (AvgIpc) is 3.09. The molecule has 144 valence electrons. The number of aromatic nitrogens is 2. The lowest BCUT2D eigenvalue weighted by Gasteiger charge is -2.23. The largest absolute Gasteiger partial charge is 0.393 e. The summed E-state index contributed by atoms with van der Waals surface area (Å²) in [5.74, 6) is 1.61. The molecule has 2 rings (SSSR count). The van der Waals surface area contributed by atoms with E-state index in [1.807, 2.05) is 11.7 Å². The van der Waals surface area contributed by atoms with Crippen LogP contribution < -0.4 is 5.32 Å². The molecule has 25 heavy (non-hydrogen) atoms. The second-order valence-corrected chi connectivity index (χ2v) is 7.18. The molecule has 1 aromatic rings. The zero-order valence-corrected chi connectivity index (χ0v) is 18.5. The number of hydrogen-bond donors (Lipinski definition) is 2. The number of aliphatic imine (C=N–C) groups is 1. The minimum Gasteiger partial charge on any atom is -0.393 e. The monoisotopic (exact) mass is 463 g/mol. The second kappa shape index (κ2) is 10.4. The Balaban J connectivity index is 0.00000312. The Labute approximate surface area is 169 Å². The second-order valence-electron chi connectivity index (χ2n) is 7.18. The Hall–Kier alpha value is -0.830. The van der Waals surface area contributed by atoms with Crippen LogP contribution in [0.25, 0.3) is 0 Å². The maximum Gasteiger partial charge on any atom is 0.193 e. The van der Waals surface area contributed by atoms with E-state index in [4.69, 9.17) is 4.99 Å². The summed E-state index contributed by atoms with van der Waals surface area (Å²) in [4.78, 5) is 6.91. The third-order valence-corrected chi connectivity index (χ3v) is 4.68. The van der Waals surface area contributed by atoms with Gasteiger partial charge in [0.15, 0.2) is 5.96 Å². The van der Waals surface area contributed by atoms with Crippen LogP contribution in [0.3, 0.4) is 0 Å². The summed E-state index contributed by atoms with van der Waals surface area (Å²) in [5.41, 5.74) is 2.38. The molecule has 2 atom stereocenters. The van der Waals surface area contributed by atoms with Crippen molar-refractivity contribution in [2.75, 3.05) is 20.1 Å².